The van der Waals surface area contributed by atoms with Crippen LogP contribution in [0.25, 0.3) is 0 Å². The van der Waals surface area contributed by atoms with Crippen LogP contribution in [0, 0.1) is 23.7 Å². The van der Waals surface area contributed by atoms with Gasteiger partial charge in [-0.15, -0.1) is 0 Å². The van der Waals surface area contributed by atoms with Crippen molar-refractivity contribution in [1.29, 1.82) is 0 Å². The van der Waals surface area contributed by atoms with Crippen LogP contribution in [0.15, 0.2) is 24.3 Å². The predicted octanol–water partition coefficient (Wildman–Crippen LogP) is -3.51. The van der Waals surface area contributed by atoms with Gasteiger partial charge in [0.05, 0.1) is 43.0 Å². The molecule has 4 aliphatic carbocycles. The molecule has 0 aromatic heterocycles. The van der Waals surface area contributed by atoms with Crippen molar-refractivity contribution in [2.45, 2.75) is 237 Å². The van der Waals surface area contributed by atoms with Crippen molar-refractivity contribution in [2.24, 2.45) is 23.7 Å². The van der Waals surface area contributed by atoms with E-state index in [4.69, 9.17) is 42.6 Å². The summed E-state index contributed by atoms with van der Waals surface area (Å²) in [5.41, 5.74) is 0. The summed E-state index contributed by atoms with van der Waals surface area (Å²) in [6, 6.07) is 0. The number of hydrogen-bond donors (Lipinski definition) is 13. The quantitative estimate of drug-likeness (QED) is 0.0405. The average molecular weight is 1080 g/mol. The Morgan fingerprint density at radius 3 is 1.45 bits per heavy atom. The third-order valence-electron chi connectivity index (χ3n) is 16.8. The maximum Gasteiger partial charge on any atom is 0.330 e. The summed E-state index contributed by atoms with van der Waals surface area (Å²) in [7, 11) is 0. The molecule has 8 rings (SSSR count). The van der Waals surface area contributed by atoms with E-state index >= 15 is 0 Å². The molecular formula is C51H81O24+. The Hall–Kier alpha value is -2.38. The molecule has 0 radical (unpaired) electrons. The van der Waals surface area contributed by atoms with Gasteiger partial charge in [-0.2, -0.15) is 0 Å². The second-order valence-electron chi connectivity index (χ2n) is 22.1. The van der Waals surface area contributed by atoms with Crippen molar-refractivity contribution in [3.63, 3.8) is 0 Å². The zero-order chi connectivity index (χ0) is 53.7. The van der Waals surface area contributed by atoms with Gasteiger partial charge in [0.2, 0.25) is 0 Å². The Labute approximate surface area is 434 Å². The number of esters is 2. The largest absolute Gasteiger partial charge is 0.460 e. The van der Waals surface area contributed by atoms with Crippen LogP contribution in [0.4, 0.5) is 0 Å². The standard InChI is InChI=1S/C51H80O24/c52-20-34-39(59)42(62)45(65)49(72-34)70-32-18-29(56)17-31-30(32)19-33(47(69-31)25-7-13-28(55)14-8-25)71-51-48(44(64)41(61)36(74-51)22-68-38(58)16-6-24-3-11-27(54)12-4-24)75-50-46(66)43(63)40(60)35(73-50)21-67-37(57)15-5-23-1-9-26(53)10-2-23/h5-6,15-16,23-36,39-56,59-66H,1-4,7-14,17-22H2/p+1. The number of carbonyl (C=O) groups excluding carboxylic acids is 2. The van der Waals surface area contributed by atoms with Gasteiger partial charge >= 0.3 is 11.9 Å². The molecule has 21 atom stereocenters. The fraction of sp³-hybridized carbons (Fsp3) is 0.882. The normalized spacial score (nSPS) is 48.0. The minimum atomic E-state index is -1.99. The second-order valence-corrected chi connectivity index (χ2v) is 22.1. The van der Waals surface area contributed by atoms with Crippen LogP contribution in [-0.2, 0) is 47.5 Å². The van der Waals surface area contributed by atoms with Crippen LogP contribution in [-0.4, -0.2) is 244 Å². The molecule has 4 saturated carbocycles. The first-order chi connectivity index (χ1) is 35.9. The topological polar surface area (TPSA) is 384 Å². The summed E-state index contributed by atoms with van der Waals surface area (Å²) in [5.74, 6) is -2.25. The lowest BCUT2D eigenvalue weighted by Gasteiger charge is -2.50. The maximum absolute atomic E-state index is 13.0. The van der Waals surface area contributed by atoms with Crippen molar-refractivity contribution >= 4 is 11.9 Å². The molecule has 0 bridgehead atoms. The molecule has 4 saturated heterocycles. The first kappa shape index (κ1) is 58.8. The minimum Gasteiger partial charge on any atom is -0.460 e. The molecule has 24 nitrogen and oxygen atoms in total. The van der Waals surface area contributed by atoms with E-state index in [0.29, 0.717) is 77.0 Å². The van der Waals surface area contributed by atoms with Crippen molar-refractivity contribution in [3.8, 4) is 0 Å². The van der Waals surface area contributed by atoms with Crippen LogP contribution in [0.1, 0.15) is 96.3 Å². The number of carbonyl (C=O) groups is 2. The number of aliphatic hydroxyl groups is 15. The summed E-state index contributed by atoms with van der Waals surface area (Å²) >= 11 is 0. The van der Waals surface area contributed by atoms with Gasteiger partial charge in [0.1, 0.15) is 92.6 Å². The Kier molecular flexibility index (Phi) is 20.9. The average Bonchev–Trinajstić information content (AvgIpc) is 3.40. The summed E-state index contributed by atoms with van der Waals surface area (Å²) in [6.45, 7) is -1.91. The smallest absolute Gasteiger partial charge is 0.330 e. The van der Waals surface area contributed by atoms with E-state index in [1.54, 1.807) is 12.2 Å². The van der Waals surface area contributed by atoms with E-state index in [1.807, 2.05) is 0 Å². The highest BCUT2D eigenvalue weighted by Crippen LogP contribution is 2.44. The van der Waals surface area contributed by atoms with Gasteiger partial charge in [0.15, 0.2) is 31.1 Å². The van der Waals surface area contributed by atoms with E-state index in [-0.39, 0.29) is 37.0 Å². The fourth-order valence-corrected chi connectivity index (χ4v) is 12.2. The summed E-state index contributed by atoms with van der Waals surface area (Å²) < 4.78 is 53.4. The summed E-state index contributed by atoms with van der Waals surface area (Å²) in [5, 5.41) is 140. The van der Waals surface area contributed by atoms with Gasteiger partial charge in [0, 0.05) is 30.9 Å². The Bertz CT molecular complexity index is 1850. The van der Waals surface area contributed by atoms with Crippen LogP contribution < -0.4 is 0 Å². The molecular weight excluding hydrogens is 997 g/mol. The van der Waals surface area contributed by atoms with Gasteiger partial charge in [-0.1, -0.05) is 12.2 Å². The third kappa shape index (κ3) is 14.7. The molecule has 428 valence electrons. The van der Waals surface area contributed by atoms with Crippen molar-refractivity contribution < 1.29 is 119 Å². The molecule has 4 aliphatic heterocycles. The zero-order valence-electron chi connectivity index (χ0n) is 42.0. The lowest BCUT2D eigenvalue weighted by Crippen LogP contribution is -2.66. The molecule has 75 heavy (non-hydrogen) atoms. The molecule has 0 aromatic rings. The van der Waals surface area contributed by atoms with Crippen molar-refractivity contribution in [1.82, 2.24) is 0 Å². The number of rotatable bonds is 16. The zero-order valence-corrected chi connectivity index (χ0v) is 42.0. The lowest BCUT2D eigenvalue weighted by atomic mass is 9.73. The second kappa shape index (κ2) is 26.7. The summed E-state index contributed by atoms with van der Waals surface area (Å²) in [4.78, 5) is 25.8. The van der Waals surface area contributed by atoms with E-state index in [9.17, 15) is 76.0 Å². The van der Waals surface area contributed by atoms with Crippen LogP contribution >= 0.6 is 0 Å². The highest BCUT2D eigenvalue weighted by atomic mass is 16.8. The number of aliphatic hydroxyl groups excluding tert-OH is 13. The number of allylic oxidation sites excluding steroid dienone is 2. The number of ether oxygens (including phenoxy) is 9. The highest BCUT2D eigenvalue weighted by molar-refractivity contribution is 5.82. The van der Waals surface area contributed by atoms with Crippen LogP contribution in [0.5, 0.6) is 0 Å². The van der Waals surface area contributed by atoms with Gasteiger partial charge < -0.3 is 109 Å². The van der Waals surface area contributed by atoms with Crippen LogP contribution in [0.2, 0.25) is 0 Å². The molecule has 21 unspecified atom stereocenters. The first-order valence-corrected chi connectivity index (χ1v) is 27.0. The van der Waals surface area contributed by atoms with Gasteiger partial charge in [0.25, 0.3) is 0 Å². The van der Waals surface area contributed by atoms with E-state index in [1.165, 1.54) is 12.2 Å². The lowest BCUT2D eigenvalue weighted by molar-refractivity contribution is -0.389. The Balaban J connectivity index is 1.03. The molecule has 24 heteroatoms. The van der Waals surface area contributed by atoms with Crippen molar-refractivity contribution in [2.75, 3.05) is 19.8 Å². The maximum atomic E-state index is 13.0. The van der Waals surface area contributed by atoms with Gasteiger partial charge in [-0.3, -0.25) is 0 Å². The molecule has 8 fully saturated rings. The fourth-order valence-electron chi connectivity index (χ4n) is 12.2. The minimum absolute atomic E-state index is 0.0171. The van der Waals surface area contributed by atoms with Crippen LogP contribution in [0.3, 0.4) is 0 Å². The van der Waals surface area contributed by atoms with E-state index < -0.39 is 179 Å². The number of hydrogen-bond acceptors (Lipinski definition) is 23. The SMILES string of the molecule is O=C(C=CC1CCC(O)CC1)OCC1OC(OC2C(OC3CC4C(OC5OC(CO)C(O)C(O)C5O)CC(O)CC4[OH+]C3C3CCC(O)CC3)OC(COC(=O)C=CC3CCC(O)CC3)C(O)C2O)C(O)C(O)C1O. The van der Waals surface area contributed by atoms with E-state index in [2.05, 4.69) is 0 Å². The molecule has 14 N–H and O–H groups in total. The molecule has 8 aliphatic rings. The molecule has 0 amide bonds. The van der Waals surface area contributed by atoms with Gasteiger partial charge in [-0.25, -0.2) is 9.59 Å². The molecule has 4 heterocycles. The summed E-state index contributed by atoms with van der Waals surface area (Å²) in [6.07, 6.45) is -17.9. The first-order valence-electron chi connectivity index (χ1n) is 27.0. The van der Waals surface area contributed by atoms with E-state index in [0.717, 1.165) is 0 Å². The number of fused-ring (bicyclic) bond motifs is 1. The monoisotopic (exact) mass is 1080 g/mol. The highest BCUT2D eigenvalue weighted by Gasteiger charge is 2.58. The Morgan fingerprint density at radius 2 is 0.920 bits per heavy atom. The molecule has 0 aromatic carbocycles. The predicted molar refractivity (Wildman–Crippen MR) is 253 cm³/mol. The van der Waals surface area contributed by atoms with Gasteiger partial charge in [-0.05, 0) is 95.3 Å². The third-order valence-corrected chi connectivity index (χ3v) is 16.8. The van der Waals surface area contributed by atoms with Crippen molar-refractivity contribution in [3.05, 3.63) is 24.3 Å². The Morgan fingerprint density at radius 1 is 0.467 bits per heavy atom. The molecule has 0 spiro atoms.